The molecule has 0 aliphatic carbocycles. The van der Waals surface area contributed by atoms with Gasteiger partial charge in [-0.2, -0.15) is 0 Å². The molecule has 0 aromatic rings. The van der Waals surface area contributed by atoms with Crippen molar-refractivity contribution in [2.24, 2.45) is 0 Å². The lowest BCUT2D eigenvalue weighted by molar-refractivity contribution is 0.0449. The van der Waals surface area contributed by atoms with Crippen molar-refractivity contribution in [3.05, 3.63) is 12.2 Å². The van der Waals surface area contributed by atoms with Crippen molar-refractivity contribution in [3.63, 3.8) is 0 Å². The number of nitrogens with zero attached hydrogens (tertiary/aromatic N) is 1. The van der Waals surface area contributed by atoms with Crippen molar-refractivity contribution in [1.29, 1.82) is 0 Å². The Balaban J connectivity index is 2.38. The molecule has 0 aromatic carbocycles. The molecule has 1 atom stereocenters. The molecule has 14 heavy (non-hydrogen) atoms. The number of hydrogen-bond donors (Lipinski definition) is 1. The summed E-state index contributed by atoms with van der Waals surface area (Å²) >= 11 is 0. The third kappa shape index (κ3) is 3.81. The Kier molecular flexibility index (Phi) is 4.14. The summed E-state index contributed by atoms with van der Waals surface area (Å²) in [7, 11) is 0. The van der Waals surface area contributed by atoms with Gasteiger partial charge in [-0.05, 0) is 39.2 Å². The molecule has 1 N–H and O–H groups in total. The van der Waals surface area contributed by atoms with Crippen LogP contribution in [0.5, 0.6) is 0 Å². The van der Waals surface area contributed by atoms with Gasteiger partial charge in [0.25, 0.3) is 0 Å². The summed E-state index contributed by atoms with van der Waals surface area (Å²) in [6.07, 6.45) is 3.99. The van der Waals surface area contributed by atoms with E-state index in [1.54, 1.807) is 0 Å². The molecule has 1 rings (SSSR count). The molecule has 1 saturated heterocycles. The first-order valence-electron chi connectivity index (χ1n) is 5.65. The SMILES string of the molecule is C=C(CC)CN1CCCC(C)(O)CC1. The largest absolute Gasteiger partial charge is 0.390 e. The van der Waals surface area contributed by atoms with Gasteiger partial charge >= 0.3 is 0 Å². The lowest BCUT2D eigenvalue weighted by Gasteiger charge is -2.22. The molecule has 1 aliphatic heterocycles. The van der Waals surface area contributed by atoms with Crippen LogP contribution in [0.2, 0.25) is 0 Å². The molecular weight excluding hydrogens is 174 g/mol. The monoisotopic (exact) mass is 197 g/mol. The molecule has 1 heterocycles. The summed E-state index contributed by atoms with van der Waals surface area (Å²) in [5.41, 5.74) is 0.856. The van der Waals surface area contributed by atoms with Crippen molar-refractivity contribution in [1.82, 2.24) is 4.90 Å². The fraction of sp³-hybridized carbons (Fsp3) is 0.833. The molecule has 0 bridgehead atoms. The average Bonchev–Trinajstić information content (AvgIpc) is 2.28. The van der Waals surface area contributed by atoms with E-state index in [9.17, 15) is 5.11 Å². The summed E-state index contributed by atoms with van der Waals surface area (Å²) < 4.78 is 0. The second-order valence-electron chi connectivity index (χ2n) is 4.73. The van der Waals surface area contributed by atoms with E-state index in [1.165, 1.54) is 5.57 Å². The maximum Gasteiger partial charge on any atom is 0.0632 e. The summed E-state index contributed by atoms with van der Waals surface area (Å²) in [6.45, 7) is 11.2. The number of rotatable bonds is 3. The molecule has 2 nitrogen and oxygen atoms in total. The smallest absolute Gasteiger partial charge is 0.0632 e. The van der Waals surface area contributed by atoms with E-state index in [4.69, 9.17) is 0 Å². The highest BCUT2D eigenvalue weighted by molar-refractivity contribution is 4.96. The molecule has 1 fully saturated rings. The Morgan fingerprint density at radius 1 is 1.43 bits per heavy atom. The topological polar surface area (TPSA) is 23.5 Å². The molecule has 0 amide bonds. The van der Waals surface area contributed by atoms with Crippen LogP contribution >= 0.6 is 0 Å². The zero-order chi connectivity index (χ0) is 10.6. The summed E-state index contributed by atoms with van der Waals surface area (Å²) in [4.78, 5) is 2.41. The van der Waals surface area contributed by atoms with Crippen molar-refractivity contribution < 1.29 is 5.11 Å². The van der Waals surface area contributed by atoms with E-state index in [1.807, 2.05) is 6.92 Å². The number of likely N-dealkylation sites (tertiary alicyclic amines) is 1. The zero-order valence-electron chi connectivity index (χ0n) is 9.55. The molecule has 0 radical (unpaired) electrons. The molecule has 0 saturated carbocycles. The lowest BCUT2D eigenvalue weighted by atomic mass is 9.98. The highest BCUT2D eigenvalue weighted by Crippen LogP contribution is 2.21. The summed E-state index contributed by atoms with van der Waals surface area (Å²) in [5, 5.41) is 9.91. The van der Waals surface area contributed by atoms with Crippen LogP contribution < -0.4 is 0 Å². The average molecular weight is 197 g/mol. The van der Waals surface area contributed by atoms with Crippen LogP contribution in [0.4, 0.5) is 0 Å². The Hall–Kier alpha value is -0.340. The molecule has 1 unspecified atom stereocenters. The summed E-state index contributed by atoms with van der Waals surface area (Å²) in [6, 6.07) is 0. The van der Waals surface area contributed by atoms with Gasteiger partial charge in [-0.1, -0.05) is 19.1 Å². The van der Waals surface area contributed by atoms with Crippen molar-refractivity contribution in [3.8, 4) is 0 Å². The highest BCUT2D eigenvalue weighted by Gasteiger charge is 2.24. The van der Waals surface area contributed by atoms with Gasteiger partial charge in [-0.15, -0.1) is 0 Å². The minimum atomic E-state index is -0.442. The van der Waals surface area contributed by atoms with Gasteiger partial charge in [0.15, 0.2) is 0 Å². The Morgan fingerprint density at radius 2 is 2.14 bits per heavy atom. The normalized spacial score (nSPS) is 29.9. The second-order valence-corrected chi connectivity index (χ2v) is 4.73. The molecule has 2 heteroatoms. The van der Waals surface area contributed by atoms with Gasteiger partial charge in [0.05, 0.1) is 5.60 Å². The van der Waals surface area contributed by atoms with Crippen LogP contribution in [0.1, 0.15) is 39.5 Å². The molecule has 82 valence electrons. The maximum atomic E-state index is 9.91. The Labute approximate surface area is 87.6 Å². The third-order valence-corrected chi connectivity index (χ3v) is 3.10. The van der Waals surface area contributed by atoms with Gasteiger partial charge in [0.2, 0.25) is 0 Å². The van der Waals surface area contributed by atoms with Gasteiger partial charge in [0, 0.05) is 13.1 Å². The fourth-order valence-corrected chi connectivity index (χ4v) is 1.91. The van der Waals surface area contributed by atoms with Crippen LogP contribution in [0.3, 0.4) is 0 Å². The lowest BCUT2D eigenvalue weighted by Crippen LogP contribution is -2.29. The molecule has 0 spiro atoms. The minimum absolute atomic E-state index is 0.442. The summed E-state index contributed by atoms with van der Waals surface area (Å²) in [5.74, 6) is 0. The third-order valence-electron chi connectivity index (χ3n) is 3.10. The predicted molar refractivity (Wildman–Crippen MR) is 60.3 cm³/mol. The van der Waals surface area contributed by atoms with E-state index in [2.05, 4.69) is 18.4 Å². The van der Waals surface area contributed by atoms with Gasteiger partial charge < -0.3 is 5.11 Å². The number of aliphatic hydroxyl groups is 1. The van der Waals surface area contributed by atoms with E-state index in [0.717, 1.165) is 45.3 Å². The van der Waals surface area contributed by atoms with Crippen LogP contribution in [0, 0.1) is 0 Å². The molecule has 0 aromatic heterocycles. The van der Waals surface area contributed by atoms with Gasteiger partial charge in [-0.25, -0.2) is 0 Å². The first kappa shape index (κ1) is 11.7. The van der Waals surface area contributed by atoms with Gasteiger partial charge in [-0.3, -0.25) is 4.90 Å². The second kappa shape index (κ2) is 4.94. The number of hydrogen-bond acceptors (Lipinski definition) is 2. The fourth-order valence-electron chi connectivity index (χ4n) is 1.91. The highest BCUT2D eigenvalue weighted by atomic mass is 16.3. The van der Waals surface area contributed by atoms with E-state index in [0.29, 0.717) is 0 Å². The molecule has 1 aliphatic rings. The zero-order valence-corrected chi connectivity index (χ0v) is 9.55. The van der Waals surface area contributed by atoms with Crippen LogP contribution in [-0.4, -0.2) is 35.2 Å². The van der Waals surface area contributed by atoms with E-state index in [-0.39, 0.29) is 0 Å². The standard InChI is InChI=1S/C12H23NO/c1-4-11(2)10-13-8-5-6-12(3,14)7-9-13/h14H,2,4-10H2,1,3H3. The Morgan fingerprint density at radius 3 is 2.79 bits per heavy atom. The van der Waals surface area contributed by atoms with E-state index >= 15 is 0 Å². The Bertz CT molecular complexity index is 198. The van der Waals surface area contributed by atoms with Gasteiger partial charge in [0.1, 0.15) is 0 Å². The molecular formula is C12H23NO. The van der Waals surface area contributed by atoms with Crippen molar-refractivity contribution >= 4 is 0 Å². The van der Waals surface area contributed by atoms with Crippen molar-refractivity contribution in [2.45, 2.75) is 45.1 Å². The predicted octanol–water partition coefficient (Wildman–Crippen LogP) is 2.19. The minimum Gasteiger partial charge on any atom is -0.390 e. The first-order valence-corrected chi connectivity index (χ1v) is 5.65. The van der Waals surface area contributed by atoms with Crippen LogP contribution in [0.15, 0.2) is 12.2 Å². The van der Waals surface area contributed by atoms with Crippen LogP contribution in [-0.2, 0) is 0 Å². The van der Waals surface area contributed by atoms with Crippen LogP contribution in [0.25, 0.3) is 0 Å². The maximum absolute atomic E-state index is 9.91. The van der Waals surface area contributed by atoms with E-state index < -0.39 is 5.60 Å². The first-order chi connectivity index (χ1) is 6.53. The van der Waals surface area contributed by atoms with Crippen molar-refractivity contribution in [2.75, 3.05) is 19.6 Å². The quantitative estimate of drug-likeness (QED) is 0.701.